The molecule has 0 saturated carbocycles. The third-order valence-corrected chi connectivity index (χ3v) is 2.13. The van der Waals surface area contributed by atoms with Gasteiger partial charge in [0, 0.05) is 0 Å². The molecule has 0 heterocycles. The number of rotatable bonds is 4. The van der Waals surface area contributed by atoms with Crippen LogP contribution in [0.2, 0.25) is 0 Å². The highest BCUT2D eigenvalue weighted by Crippen LogP contribution is 2.32. The Morgan fingerprint density at radius 2 is 2.13 bits per heavy atom. The predicted octanol–water partition coefficient (Wildman–Crippen LogP) is 2.07. The maximum Gasteiger partial charge on any atom is 0.267 e. The van der Waals surface area contributed by atoms with Gasteiger partial charge in [0.2, 0.25) is 0 Å². The van der Waals surface area contributed by atoms with E-state index < -0.39 is 6.43 Å². The number of phenolic OH excluding ortho intramolecular Hbond substituents is 1. The van der Waals surface area contributed by atoms with E-state index in [1.54, 1.807) is 13.0 Å². The largest absolute Gasteiger partial charge is 0.507 e. The van der Waals surface area contributed by atoms with Crippen molar-refractivity contribution in [3.63, 3.8) is 0 Å². The van der Waals surface area contributed by atoms with Crippen molar-refractivity contribution >= 4 is 0 Å². The molecule has 0 aliphatic rings. The van der Waals surface area contributed by atoms with Gasteiger partial charge in [0.1, 0.15) is 5.75 Å². The zero-order chi connectivity index (χ0) is 11.4. The summed E-state index contributed by atoms with van der Waals surface area (Å²) in [7, 11) is 0. The smallest absolute Gasteiger partial charge is 0.267 e. The Hall–Kier alpha value is -1.20. The van der Waals surface area contributed by atoms with Gasteiger partial charge >= 0.3 is 0 Å². The van der Waals surface area contributed by atoms with E-state index in [2.05, 4.69) is 4.84 Å². The zero-order valence-electron chi connectivity index (χ0n) is 8.34. The van der Waals surface area contributed by atoms with Crippen LogP contribution in [0.5, 0.6) is 5.75 Å². The van der Waals surface area contributed by atoms with Gasteiger partial charge in [0.05, 0.1) is 12.2 Å². The highest BCUT2D eigenvalue weighted by Gasteiger charge is 2.15. The Balaban J connectivity index is 3.00. The zero-order valence-corrected chi connectivity index (χ0v) is 8.34. The van der Waals surface area contributed by atoms with Gasteiger partial charge in [-0.05, 0) is 30.5 Å². The molecule has 0 amide bonds. The fourth-order valence-electron chi connectivity index (χ4n) is 1.37. The third kappa shape index (κ3) is 2.87. The first-order valence-electron chi connectivity index (χ1n) is 4.48. The quantitative estimate of drug-likeness (QED) is 0.759. The van der Waals surface area contributed by atoms with E-state index in [0.29, 0.717) is 17.5 Å². The third-order valence-electron chi connectivity index (χ3n) is 2.13. The molecule has 0 aliphatic carbocycles. The molecular weight excluding hydrogens is 204 g/mol. The lowest BCUT2D eigenvalue weighted by Gasteiger charge is -2.09. The highest BCUT2D eigenvalue weighted by molar-refractivity contribution is 5.43. The topological polar surface area (TPSA) is 55.5 Å². The molecule has 0 unspecified atom stereocenters. The molecule has 0 bridgehead atoms. The van der Waals surface area contributed by atoms with Crippen molar-refractivity contribution in [3.05, 3.63) is 28.8 Å². The van der Waals surface area contributed by atoms with Crippen molar-refractivity contribution in [2.75, 3.05) is 6.61 Å². The molecule has 0 spiro atoms. The number of benzene rings is 1. The fraction of sp³-hybridized carbons (Fsp3) is 0.400. The summed E-state index contributed by atoms with van der Waals surface area (Å²) in [5, 5.41) is 9.38. The molecule has 0 atom stereocenters. The van der Waals surface area contributed by atoms with Crippen LogP contribution >= 0.6 is 0 Å². The normalized spacial score (nSPS) is 11.0. The van der Waals surface area contributed by atoms with Crippen molar-refractivity contribution in [2.24, 2.45) is 5.90 Å². The van der Waals surface area contributed by atoms with E-state index in [4.69, 9.17) is 5.90 Å². The fourth-order valence-corrected chi connectivity index (χ4v) is 1.37. The summed E-state index contributed by atoms with van der Waals surface area (Å²) in [5.74, 6) is 4.50. The Labute approximate surface area is 86.4 Å². The number of alkyl halides is 2. The lowest BCUT2D eigenvalue weighted by molar-refractivity contribution is 0.140. The molecule has 1 aromatic rings. The summed E-state index contributed by atoms with van der Waals surface area (Å²) >= 11 is 0. The van der Waals surface area contributed by atoms with E-state index in [-0.39, 0.29) is 17.9 Å². The number of hydrogen-bond donors (Lipinski definition) is 2. The van der Waals surface area contributed by atoms with E-state index in [9.17, 15) is 13.9 Å². The predicted molar refractivity (Wildman–Crippen MR) is 51.6 cm³/mol. The van der Waals surface area contributed by atoms with Crippen LogP contribution in [0.1, 0.15) is 23.1 Å². The molecule has 0 saturated heterocycles. The van der Waals surface area contributed by atoms with E-state index in [1.807, 2.05) is 0 Å². The maximum atomic E-state index is 12.5. The minimum atomic E-state index is -2.68. The Morgan fingerprint density at radius 1 is 1.47 bits per heavy atom. The molecule has 15 heavy (non-hydrogen) atoms. The van der Waals surface area contributed by atoms with Crippen molar-refractivity contribution in [1.82, 2.24) is 0 Å². The number of aryl methyl sites for hydroxylation is 1. The minimum Gasteiger partial charge on any atom is -0.507 e. The van der Waals surface area contributed by atoms with Crippen LogP contribution in [0.3, 0.4) is 0 Å². The monoisotopic (exact) mass is 217 g/mol. The molecule has 0 fully saturated rings. The van der Waals surface area contributed by atoms with Gasteiger partial charge in [-0.25, -0.2) is 14.7 Å². The first-order valence-corrected chi connectivity index (χ1v) is 4.48. The summed E-state index contributed by atoms with van der Waals surface area (Å²) in [4.78, 5) is 4.37. The van der Waals surface area contributed by atoms with Gasteiger partial charge in [-0.2, -0.15) is 0 Å². The summed E-state index contributed by atoms with van der Waals surface area (Å²) < 4.78 is 25.0. The Kier molecular flexibility index (Phi) is 3.99. The average Bonchev–Trinajstić information content (AvgIpc) is 2.19. The molecule has 1 aromatic carbocycles. The van der Waals surface area contributed by atoms with E-state index >= 15 is 0 Å². The SMILES string of the molecule is Cc1cc(CCON)cc(C(F)F)c1O. The van der Waals surface area contributed by atoms with Crippen LogP contribution in [-0.2, 0) is 11.3 Å². The van der Waals surface area contributed by atoms with Crippen molar-refractivity contribution in [2.45, 2.75) is 19.8 Å². The summed E-state index contributed by atoms with van der Waals surface area (Å²) in [6.07, 6.45) is -2.24. The second-order valence-corrected chi connectivity index (χ2v) is 3.27. The lowest BCUT2D eigenvalue weighted by Crippen LogP contribution is -2.04. The van der Waals surface area contributed by atoms with Gasteiger partial charge in [-0.3, -0.25) is 0 Å². The molecule has 0 aliphatic heterocycles. The molecule has 1 rings (SSSR count). The van der Waals surface area contributed by atoms with Gasteiger partial charge in [0.25, 0.3) is 6.43 Å². The Morgan fingerprint density at radius 3 is 2.67 bits per heavy atom. The van der Waals surface area contributed by atoms with Gasteiger partial charge < -0.3 is 9.94 Å². The minimum absolute atomic E-state index is 0.257. The molecule has 5 heteroatoms. The van der Waals surface area contributed by atoms with E-state index in [1.165, 1.54) is 6.07 Å². The van der Waals surface area contributed by atoms with Crippen LogP contribution in [-0.4, -0.2) is 11.7 Å². The highest BCUT2D eigenvalue weighted by atomic mass is 19.3. The van der Waals surface area contributed by atoms with Crippen LogP contribution in [0.4, 0.5) is 8.78 Å². The van der Waals surface area contributed by atoms with Gasteiger partial charge in [-0.1, -0.05) is 6.07 Å². The summed E-state index contributed by atoms with van der Waals surface area (Å²) in [6, 6.07) is 2.91. The number of aromatic hydroxyl groups is 1. The first kappa shape index (κ1) is 11.9. The number of hydrogen-bond acceptors (Lipinski definition) is 3. The van der Waals surface area contributed by atoms with Gasteiger partial charge in [0.15, 0.2) is 0 Å². The molecule has 3 nitrogen and oxygen atoms in total. The second-order valence-electron chi connectivity index (χ2n) is 3.27. The molecule has 3 N–H and O–H groups in total. The standard InChI is InChI=1S/C10H13F2NO2/c1-6-4-7(2-3-15-13)5-8(9(6)14)10(11)12/h4-5,10,14H,2-3,13H2,1H3. The van der Waals surface area contributed by atoms with Crippen LogP contribution in [0.15, 0.2) is 12.1 Å². The van der Waals surface area contributed by atoms with E-state index in [0.717, 1.165) is 0 Å². The Bertz CT molecular complexity index is 342. The maximum absolute atomic E-state index is 12.5. The lowest BCUT2D eigenvalue weighted by atomic mass is 10.0. The van der Waals surface area contributed by atoms with Gasteiger partial charge in [-0.15, -0.1) is 0 Å². The van der Waals surface area contributed by atoms with Crippen LogP contribution < -0.4 is 5.90 Å². The molecule has 0 aromatic heterocycles. The van der Waals surface area contributed by atoms with Crippen LogP contribution in [0, 0.1) is 6.92 Å². The molecular formula is C10H13F2NO2. The molecule has 0 radical (unpaired) electrons. The average molecular weight is 217 g/mol. The number of nitrogens with two attached hydrogens (primary N) is 1. The summed E-state index contributed by atoms with van der Waals surface area (Å²) in [6.45, 7) is 1.83. The van der Waals surface area contributed by atoms with Crippen molar-refractivity contribution < 1.29 is 18.7 Å². The number of halogens is 2. The van der Waals surface area contributed by atoms with Crippen molar-refractivity contribution in [1.29, 1.82) is 0 Å². The first-order chi connectivity index (χ1) is 7.06. The molecule has 84 valence electrons. The van der Waals surface area contributed by atoms with Crippen molar-refractivity contribution in [3.8, 4) is 5.75 Å². The second kappa shape index (κ2) is 5.04. The van der Waals surface area contributed by atoms with Crippen LogP contribution in [0.25, 0.3) is 0 Å². The summed E-state index contributed by atoms with van der Waals surface area (Å²) in [5.41, 5.74) is 0.757. The number of phenols is 1.